The number of hydrogen-bond donors (Lipinski definition) is 3. The molecule has 1 aliphatic heterocycles. The van der Waals surface area contributed by atoms with Crippen molar-refractivity contribution in [2.24, 2.45) is 11.8 Å². The standard InChI is InChI=1S/C31H49FN4O7/c1-8-19(2)28(35(5)27(38)18-33-4)25(42-6)17-26(37)36-14-10-13-24(36)29(43-7)20(3)30(39)34-23(31(40)41)16-21-11-9-12-22(32)15-21/h9,11-12,15,19-20,23-25,28-29,33H,8,10,13-14,16-18H2,1-7H3,(H,34,39)(H,40,41)/t19?,20-,23+,24+,25-,28+,29?/m1/s1. The predicted octanol–water partition coefficient (Wildman–Crippen LogP) is 2.08. The van der Waals surface area contributed by atoms with Gasteiger partial charge in [0.15, 0.2) is 0 Å². The lowest BCUT2D eigenvalue weighted by Gasteiger charge is -2.39. The number of likely N-dealkylation sites (tertiary alicyclic amines) is 1. The highest BCUT2D eigenvalue weighted by molar-refractivity contribution is 5.85. The number of ether oxygens (including phenoxy) is 2. The van der Waals surface area contributed by atoms with E-state index in [0.717, 1.165) is 12.8 Å². The number of rotatable bonds is 17. The zero-order valence-corrected chi connectivity index (χ0v) is 26.5. The van der Waals surface area contributed by atoms with Gasteiger partial charge in [0.1, 0.15) is 11.9 Å². The van der Waals surface area contributed by atoms with Gasteiger partial charge in [-0.15, -0.1) is 0 Å². The Morgan fingerprint density at radius 1 is 1.19 bits per heavy atom. The molecule has 0 aliphatic carbocycles. The van der Waals surface area contributed by atoms with Gasteiger partial charge < -0.3 is 35.0 Å². The summed E-state index contributed by atoms with van der Waals surface area (Å²) in [6.45, 7) is 6.35. The first-order valence-electron chi connectivity index (χ1n) is 14.9. The number of nitrogens with one attached hydrogen (secondary N) is 2. The number of likely N-dealkylation sites (N-methyl/N-ethyl adjacent to an activating group) is 2. The second-order valence-electron chi connectivity index (χ2n) is 11.4. The van der Waals surface area contributed by atoms with Crippen LogP contribution in [-0.4, -0.2) is 110 Å². The Kier molecular flexibility index (Phi) is 14.5. The highest BCUT2D eigenvalue weighted by Crippen LogP contribution is 2.29. The van der Waals surface area contributed by atoms with Crippen LogP contribution in [-0.2, 0) is 35.1 Å². The lowest BCUT2D eigenvalue weighted by molar-refractivity contribution is -0.146. The molecule has 12 heteroatoms. The lowest BCUT2D eigenvalue weighted by Crippen LogP contribution is -2.54. The number of aliphatic carboxylic acids is 1. The Morgan fingerprint density at radius 3 is 2.44 bits per heavy atom. The van der Waals surface area contributed by atoms with Gasteiger partial charge >= 0.3 is 5.97 Å². The lowest BCUT2D eigenvalue weighted by atomic mass is 9.90. The van der Waals surface area contributed by atoms with E-state index in [-0.39, 0.29) is 43.2 Å². The molecule has 0 aromatic heterocycles. The van der Waals surface area contributed by atoms with Crippen LogP contribution in [0.25, 0.3) is 0 Å². The molecule has 1 saturated heterocycles. The highest BCUT2D eigenvalue weighted by atomic mass is 19.1. The van der Waals surface area contributed by atoms with Crippen LogP contribution in [0.1, 0.15) is 52.0 Å². The third-order valence-electron chi connectivity index (χ3n) is 8.58. The van der Waals surface area contributed by atoms with E-state index < -0.39 is 47.9 Å². The van der Waals surface area contributed by atoms with Crippen molar-refractivity contribution in [3.8, 4) is 0 Å². The molecule has 0 bridgehead atoms. The molecular formula is C31H49FN4O7. The van der Waals surface area contributed by atoms with Crippen molar-refractivity contribution in [1.82, 2.24) is 20.4 Å². The SMILES string of the molecule is CCC(C)[C@@H]([C@@H](CC(=O)N1CCC[C@H]1C(OC)[C@@H](C)C(=O)N[C@@H](Cc1cccc(F)c1)C(=O)O)OC)N(C)C(=O)CNC. The summed E-state index contributed by atoms with van der Waals surface area (Å²) in [4.78, 5) is 55.0. The first-order valence-corrected chi connectivity index (χ1v) is 14.9. The maximum atomic E-state index is 13.7. The third-order valence-corrected chi connectivity index (χ3v) is 8.58. The van der Waals surface area contributed by atoms with E-state index in [0.29, 0.717) is 18.5 Å². The highest BCUT2D eigenvalue weighted by Gasteiger charge is 2.42. The largest absolute Gasteiger partial charge is 0.480 e. The van der Waals surface area contributed by atoms with Gasteiger partial charge in [-0.1, -0.05) is 39.3 Å². The quantitative estimate of drug-likeness (QED) is 0.245. The average molecular weight is 609 g/mol. The number of carboxylic acids is 1. The molecule has 1 heterocycles. The van der Waals surface area contributed by atoms with E-state index in [1.165, 1.54) is 32.4 Å². The Balaban J connectivity index is 2.18. The van der Waals surface area contributed by atoms with Crippen LogP contribution in [0.5, 0.6) is 0 Å². The van der Waals surface area contributed by atoms with Crippen LogP contribution in [0.3, 0.4) is 0 Å². The van der Waals surface area contributed by atoms with Crippen LogP contribution < -0.4 is 10.6 Å². The molecule has 0 spiro atoms. The van der Waals surface area contributed by atoms with Gasteiger partial charge in [-0.25, -0.2) is 9.18 Å². The van der Waals surface area contributed by atoms with Crippen molar-refractivity contribution in [2.75, 3.05) is 41.4 Å². The fourth-order valence-electron chi connectivity index (χ4n) is 6.00. The van der Waals surface area contributed by atoms with Crippen LogP contribution in [0.4, 0.5) is 4.39 Å². The molecule has 1 aromatic carbocycles. The Bertz CT molecular complexity index is 1090. The molecule has 11 nitrogen and oxygen atoms in total. The first kappa shape index (κ1) is 36.1. The molecule has 1 aromatic rings. The molecule has 3 N–H and O–H groups in total. The summed E-state index contributed by atoms with van der Waals surface area (Å²) in [6.07, 6.45) is 0.840. The molecule has 2 unspecified atom stereocenters. The zero-order chi connectivity index (χ0) is 32.3. The smallest absolute Gasteiger partial charge is 0.326 e. The molecule has 0 saturated carbocycles. The van der Waals surface area contributed by atoms with E-state index in [9.17, 15) is 28.7 Å². The summed E-state index contributed by atoms with van der Waals surface area (Å²) in [6, 6.07) is 3.58. The average Bonchev–Trinajstić information content (AvgIpc) is 3.46. The number of methoxy groups -OCH3 is 2. The molecule has 242 valence electrons. The molecule has 1 aliphatic rings. The minimum Gasteiger partial charge on any atom is -0.480 e. The number of carboxylic acid groups (broad SMARTS) is 1. The molecule has 43 heavy (non-hydrogen) atoms. The van der Waals surface area contributed by atoms with Crippen LogP contribution in [0, 0.1) is 17.7 Å². The number of carbonyl (C=O) groups is 4. The van der Waals surface area contributed by atoms with Crippen LogP contribution in [0.15, 0.2) is 24.3 Å². The maximum Gasteiger partial charge on any atom is 0.326 e. The van der Waals surface area contributed by atoms with Crippen LogP contribution >= 0.6 is 0 Å². The van der Waals surface area contributed by atoms with Gasteiger partial charge in [0, 0.05) is 34.2 Å². The second-order valence-corrected chi connectivity index (χ2v) is 11.4. The van der Waals surface area contributed by atoms with Crippen molar-refractivity contribution < 1.29 is 38.1 Å². The number of halogens is 1. The van der Waals surface area contributed by atoms with Gasteiger partial charge in [0.25, 0.3) is 0 Å². The number of carbonyl (C=O) groups excluding carboxylic acids is 3. The Hall–Kier alpha value is -3.09. The predicted molar refractivity (Wildman–Crippen MR) is 160 cm³/mol. The molecule has 3 amide bonds. The maximum absolute atomic E-state index is 13.7. The fraction of sp³-hybridized carbons (Fsp3) is 0.677. The fourth-order valence-corrected chi connectivity index (χ4v) is 6.00. The van der Waals surface area contributed by atoms with Gasteiger partial charge in [0.05, 0.1) is 43.2 Å². The van der Waals surface area contributed by atoms with Crippen molar-refractivity contribution in [1.29, 1.82) is 0 Å². The number of nitrogens with zero attached hydrogens (tertiary/aromatic N) is 2. The Morgan fingerprint density at radius 2 is 1.88 bits per heavy atom. The summed E-state index contributed by atoms with van der Waals surface area (Å²) in [5.41, 5.74) is 0.443. The molecule has 1 fully saturated rings. The first-order chi connectivity index (χ1) is 20.4. The van der Waals surface area contributed by atoms with Gasteiger partial charge in [0.2, 0.25) is 17.7 Å². The molecule has 0 radical (unpaired) electrons. The van der Waals surface area contributed by atoms with E-state index in [1.54, 1.807) is 36.9 Å². The summed E-state index contributed by atoms with van der Waals surface area (Å²) < 4.78 is 25.2. The van der Waals surface area contributed by atoms with Gasteiger partial charge in [-0.05, 0) is 43.5 Å². The minimum absolute atomic E-state index is 0.0465. The number of hydrogen-bond acceptors (Lipinski definition) is 7. The minimum atomic E-state index is -1.27. The van der Waals surface area contributed by atoms with E-state index in [2.05, 4.69) is 10.6 Å². The monoisotopic (exact) mass is 608 g/mol. The van der Waals surface area contributed by atoms with E-state index in [1.807, 2.05) is 13.8 Å². The summed E-state index contributed by atoms with van der Waals surface area (Å²) in [7, 11) is 6.44. The van der Waals surface area contributed by atoms with Crippen LogP contribution in [0.2, 0.25) is 0 Å². The van der Waals surface area contributed by atoms with Gasteiger partial charge in [-0.2, -0.15) is 0 Å². The third kappa shape index (κ3) is 9.70. The van der Waals surface area contributed by atoms with Gasteiger partial charge in [-0.3, -0.25) is 14.4 Å². The van der Waals surface area contributed by atoms with Crippen molar-refractivity contribution in [3.63, 3.8) is 0 Å². The normalized spacial score (nSPS) is 19.2. The zero-order valence-electron chi connectivity index (χ0n) is 26.5. The topological polar surface area (TPSA) is 138 Å². The summed E-state index contributed by atoms with van der Waals surface area (Å²) in [5, 5.41) is 15.2. The molecule has 2 rings (SSSR count). The summed E-state index contributed by atoms with van der Waals surface area (Å²) in [5.74, 6) is -3.24. The van der Waals surface area contributed by atoms with E-state index >= 15 is 0 Å². The number of amides is 3. The molecular weight excluding hydrogens is 559 g/mol. The van der Waals surface area contributed by atoms with Crippen molar-refractivity contribution in [2.45, 2.75) is 83.2 Å². The van der Waals surface area contributed by atoms with E-state index in [4.69, 9.17) is 9.47 Å². The molecule has 7 atom stereocenters. The Labute approximate surface area is 254 Å². The second kappa shape index (κ2) is 17.3. The van der Waals surface area contributed by atoms with Crippen molar-refractivity contribution in [3.05, 3.63) is 35.6 Å². The van der Waals surface area contributed by atoms with Crippen molar-refractivity contribution >= 4 is 23.7 Å². The summed E-state index contributed by atoms with van der Waals surface area (Å²) >= 11 is 0. The number of benzene rings is 1.